The zero-order chi connectivity index (χ0) is 38.4. The Bertz CT molecular complexity index is 1630. The zero-order valence-electron chi connectivity index (χ0n) is 31.8. The van der Waals surface area contributed by atoms with Gasteiger partial charge in [0.15, 0.2) is 0 Å². The van der Waals surface area contributed by atoms with Crippen LogP contribution in [-0.4, -0.2) is 89.8 Å². The number of benzene rings is 2. The van der Waals surface area contributed by atoms with E-state index in [1.807, 2.05) is 68.4 Å². The lowest BCUT2D eigenvalue weighted by Gasteiger charge is -2.40. The number of ether oxygens (including phenoxy) is 2. The summed E-state index contributed by atoms with van der Waals surface area (Å²) in [5.74, 6) is -3.77. The van der Waals surface area contributed by atoms with Crippen LogP contribution in [-0.2, 0) is 28.7 Å². The van der Waals surface area contributed by atoms with Gasteiger partial charge in [0.25, 0.3) is 5.91 Å². The molecule has 3 saturated heterocycles. The van der Waals surface area contributed by atoms with Gasteiger partial charge in [0.05, 0.1) is 36.6 Å². The van der Waals surface area contributed by atoms with Crippen molar-refractivity contribution in [1.82, 2.24) is 10.2 Å². The summed E-state index contributed by atoms with van der Waals surface area (Å²) in [6.45, 7) is 18.8. The fourth-order valence-corrected chi connectivity index (χ4v) is 8.59. The molecule has 3 heterocycles. The van der Waals surface area contributed by atoms with Gasteiger partial charge in [-0.3, -0.25) is 19.2 Å². The lowest BCUT2D eigenvalue weighted by molar-refractivity contribution is -0.162. The van der Waals surface area contributed by atoms with Gasteiger partial charge in [-0.1, -0.05) is 56.3 Å². The van der Waals surface area contributed by atoms with Crippen molar-refractivity contribution in [3.05, 3.63) is 85.5 Å². The van der Waals surface area contributed by atoms with Crippen LogP contribution >= 0.6 is 0 Å². The number of rotatable bonds is 18. The highest BCUT2D eigenvalue weighted by molar-refractivity contribution is 6.05. The highest BCUT2D eigenvalue weighted by atomic mass is 16.6. The Morgan fingerprint density at radius 2 is 1.70 bits per heavy atom. The average molecular weight is 729 g/mol. The van der Waals surface area contributed by atoms with E-state index in [9.17, 15) is 19.5 Å². The minimum atomic E-state index is -1.31. The normalized spacial score (nSPS) is 24.7. The molecule has 2 bridgehead atoms. The Morgan fingerprint density at radius 3 is 2.28 bits per heavy atom. The first-order valence-electron chi connectivity index (χ1n) is 19.0. The van der Waals surface area contributed by atoms with Crippen LogP contribution < -0.4 is 15.1 Å². The molecule has 8 atom stereocenters. The maximum Gasteiger partial charge on any atom is 0.313 e. The van der Waals surface area contributed by atoms with E-state index < -0.39 is 59.6 Å². The standard InChI is InChI=1S/C42H56N4O7/c1-8-12-18-34(48)43-28(7)37(29-16-14-13-15-17-29)52-41(51)35-33-23-24-42(53-33)36(35)39(49)46(32(26-47)27(5)6)38(42)40(50)45(25-9-2)31-21-19-30(20-22-31)44(10-3)11-4/h8-9,13-17,19-22,27-28,32-33,35-38,47H,1-2,10-12,18,23-26H2,3-7H3,(H,43,48)/t28-,32+,33+,35-,36-,37-,38+,42-/m1/s1. The van der Waals surface area contributed by atoms with Gasteiger partial charge < -0.3 is 34.6 Å². The Hall–Kier alpha value is -4.48. The summed E-state index contributed by atoms with van der Waals surface area (Å²) in [4.78, 5) is 62.3. The predicted molar refractivity (Wildman–Crippen MR) is 205 cm³/mol. The number of likely N-dealkylation sites (tertiary alicyclic amines) is 1. The summed E-state index contributed by atoms with van der Waals surface area (Å²) in [5.41, 5.74) is 1.05. The van der Waals surface area contributed by atoms with Crippen molar-refractivity contribution < 1.29 is 33.8 Å². The fourth-order valence-electron chi connectivity index (χ4n) is 8.59. The van der Waals surface area contributed by atoms with Gasteiger partial charge in [-0.2, -0.15) is 0 Å². The highest BCUT2D eigenvalue weighted by Crippen LogP contribution is 2.59. The molecular weight excluding hydrogens is 672 g/mol. The fraction of sp³-hybridized carbons (Fsp3) is 0.524. The van der Waals surface area contributed by atoms with Gasteiger partial charge in [-0.25, -0.2) is 0 Å². The van der Waals surface area contributed by atoms with Gasteiger partial charge in [0.1, 0.15) is 17.7 Å². The summed E-state index contributed by atoms with van der Waals surface area (Å²) in [6, 6.07) is 14.5. The average Bonchev–Trinajstić information content (AvgIpc) is 3.80. The maximum absolute atomic E-state index is 15.0. The molecule has 3 aliphatic rings. The predicted octanol–water partition coefficient (Wildman–Crippen LogP) is 5.20. The molecule has 0 radical (unpaired) electrons. The number of nitrogens with one attached hydrogen (secondary N) is 1. The number of anilines is 2. The van der Waals surface area contributed by atoms with E-state index in [2.05, 4.69) is 37.2 Å². The van der Waals surface area contributed by atoms with Gasteiger partial charge in [-0.15, -0.1) is 13.2 Å². The quantitative estimate of drug-likeness (QED) is 0.159. The van der Waals surface area contributed by atoms with Gasteiger partial charge in [-0.05, 0) is 75.8 Å². The van der Waals surface area contributed by atoms with E-state index in [-0.39, 0.29) is 37.3 Å². The molecule has 5 rings (SSSR count). The number of fused-ring (bicyclic) bond motifs is 1. The van der Waals surface area contributed by atoms with Gasteiger partial charge in [0.2, 0.25) is 11.8 Å². The van der Waals surface area contributed by atoms with Crippen LogP contribution in [0.25, 0.3) is 0 Å². The number of allylic oxidation sites excluding steroid dienone is 1. The van der Waals surface area contributed by atoms with E-state index in [1.165, 1.54) is 4.90 Å². The second-order valence-corrected chi connectivity index (χ2v) is 14.7. The molecule has 2 aromatic rings. The number of aliphatic hydroxyl groups excluding tert-OH is 1. The van der Waals surface area contributed by atoms with Crippen molar-refractivity contribution in [3.63, 3.8) is 0 Å². The SMILES string of the molecule is C=CCCC(=O)N[C@H](C)[C@@H](OC(=O)[C@@H]1[C@@H]2CC[C@]3(O2)[C@H](C(=O)N(CC=C)c2ccc(N(CC)CC)cc2)N([C@@H](CO)C(C)C)C(=O)[C@@H]13)c1ccccc1. The lowest BCUT2D eigenvalue weighted by atomic mass is 9.70. The molecule has 3 fully saturated rings. The molecule has 11 heteroatoms. The topological polar surface area (TPSA) is 129 Å². The molecule has 2 aromatic carbocycles. The monoisotopic (exact) mass is 728 g/mol. The van der Waals surface area contributed by atoms with Crippen LogP contribution in [0.4, 0.5) is 11.4 Å². The minimum Gasteiger partial charge on any atom is -0.455 e. The van der Waals surface area contributed by atoms with E-state index in [0.29, 0.717) is 30.5 Å². The van der Waals surface area contributed by atoms with Crippen molar-refractivity contribution in [1.29, 1.82) is 0 Å². The molecule has 3 aliphatic heterocycles. The van der Waals surface area contributed by atoms with Crippen LogP contribution in [0.15, 0.2) is 79.9 Å². The molecule has 53 heavy (non-hydrogen) atoms. The highest BCUT2D eigenvalue weighted by Gasteiger charge is 2.76. The number of hydrogen-bond donors (Lipinski definition) is 2. The van der Waals surface area contributed by atoms with E-state index >= 15 is 4.79 Å². The van der Waals surface area contributed by atoms with Crippen LogP contribution in [0, 0.1) is 17.8 Å². The third kappa shape index (κ3) is 7.64. The van der Waals surface area contributed by atoms with E-state index in [1.54, 1.807) is 24.0 Å². The molecule has 286 valence electrons. The number of carbonyl (C=O) groups is 4. The second kappa shape index (κ2) is 17.1. The van der Waals surface area contributed by atoms with Crippen molar-refractivity contribution in [2.45, 2.75) is 96.2 Å². The first-order chi connectivity index (χ1) is 25.5. The van der Waals surface area contributed by atoms with Crippen molar-refractivity contribution in [2.24, 2.45) is 17.8 Å². The molecule has 3 amide bonds. The number of carbonyl (C=O) groups excluding carboxylic acids is 4. The third-order valence-electron chi connectivity index (χ3n) is 11.2. The maximum atomic E-state index is 15.0. The molecule has 1 spiro atoms. The van der Waals surface area contributed by atoms with Gasteiger partial charge >= 0.3 is 5.97 Å². The summed E-state index contributed by atoms with van der Waals surface area (Å²) >= 11 is 0. The summed E-state index contributed by atoms with van der Waals surface area (Å²) < 4.78 is 13.0. The van der Waals surface area contributed by atoms with Crippen molar-refractivity contribution in [3.8, 4) is 0 Å². The first-order valence-corrected chi connectivity index (χ1v) is 19.0. The Morgan fingerprint density at radius 1 is 1.04 bits per heavy atom. The molecule has 2 N–H and O–H groups in total. The lowest BCUT2D eigenvalue weighted by Crippen LogP contribution is -2.59. The Balaban J connectivity index is 1.51. The number of esters is 1. The minimum absolute atomic E-state index is 0.179. The van der Waals surface area contributed by atoms with Crippen molar-refractivity contribution >= 4 is 35.1 Å². The molecular formula is C42H56N4O7. The number of hydrogen-bond acceptors (Lipinski definition) is 8. The first kappa shape index (κ1) is 39.7. The Labute approximate surface area is 314 Å². The molecule has 0 aliphatic carbocycles. The Kier molecular flexibility index (Phi) is 12.8. The van der Waals surface area contributed by atoms with E-state index in [4.69, 9.17) is 9.47 Å². The van der Waals surface area contributed by atoms with Gasteiger partial charge in [0, 0.05) is 37.4 Å². The smallest absolute Gasteiger partial charge is 0.313 e. The molecule has 0 saturated carbocycles. The number of amides is 3. The van der Waals surface area contributed by atoms with E-state index in [0.717, 1.165) is 18.8 Å². The van der Waals surface area contributed by atoms with Crippen LogP contribution in [0.3, 0.4) is 0 Å². The molecule has 0 aromatic heterocycles. The second-order valence-electron chi connectivity index (χ2n) is 14.7. The third-order valence-corrected chi connectivity index (χ3v) is 11.2. The van der Waals surface area contributed by atoms with Crippen LogP contribution in [0.2, 0.25) is 0 Å². The summed E-state index contributed by atoms with van der Waals surface area (Å²) in [7, 11) is 0. The molecule has 11 nitrogen and oxygen atoms in total. The molecule has 0 unspecified atom stereocenters. The van der Waals surface area contributed by atoms with Crippen molar-refractivity contribution in [2.75, 3.05) is 36.0 Å². The summed E-state index contributed by atoms with van der Waals surface area (Å²) in [6.07, 6.45) is 3.43. The largest absolute Gasteiger partial charge is 0.455 e. The zero-order valence-corrected chi connectivity index (χ0v) is 31.8. The summed E-state index contributed by atoms with van der Waals surface area (Å²) in [5, 5.41) is 13.6. The number of nitrogens with zero attached hydrogens (tertiary/aromatic N) is 3. The number of aliphatic hydroxyl groups is 1. The van der Waals surface area contributed by atoms with Crippen LogP contribution in [0.1, 0.15) is 72.0 Å². The van der Waals surface area contributed by atoms with Crippen LogP contribution in [0.5, 0.6) is 0 Å².